The highest BCUT2D eigenvalue weighted by Gasteiger charge is 2.41. The number of thiocarbonyl (C=S) groups is 1. The van der Waals surface area contributed by atoms with Crippen molar-refractivity contribution in [3.8, 4) is 0 Å². The Bertz CT molecular complexity index is 220. The Morgan fingerprint density at radius 1 is 1.19 bits per heavy atom. The molecule has 0 saturated heterocycles. The molecule has 2 N–H and O–H groups in total. The van der Waals surface area contributed by atoms with Gasteiger partial charge in [0.05, 0.1) is 6.61 Å². The van der Waals surface area contributed by atoms with E-state index in [0.29, 0.717) is 12.0 Å². The lowest BCUT2D eigenvalue weighted by atomic mass is 10.0. The largest absolute Gasteiger partial charge is 0.385 e. The zero-order valence-electron chi connectivity index (χ0n) is 10.2. The monoisotopic (exact) mass is 246 g/mol. The van der Waals surface area contributed by atoms with Crippen molar-refractivity contribution >= 4 is 17.3 Å². The van der Waals surface area contributed by atoms with Gasteiger partial charge in [0.25, 0.3) is 0 Å². The van der Waals surface area contributed by atoms with Crippen molar-refractivity contribution in [3.63, 3.8) is 0 Å². The van der Waals surface area contributed by atoms with E-state index in [4.69, 9.17) is 21.7 Å². The van der Waals surface area contributed by atoms with Crippen molar-refractivity contribution in [3.05, 3.63) is 0 Å². The Balaban J connectivity index is 2.07. The first-order valence-corrected chi connectivity index (χ1v) is 6.13. The molecule has 0 aromatic heterocycles. The third kappa shape index (κ3) is 5.09. The first-order valence-electron chi connectivity index (χ1n) is 5.72. The van der Waals surface area contributed by atoms with E-state index in [1.807, 2.05) is 0 Å². The van der Waals surface area contributed by atoms with E-state index < -0.39 is 0 Å². The van der Waals surface area contributed by atoms with Crippen molar-refractivity contribution in [2.24, 2.45) is 5.41 Å². The Kier molecular flexibility index (Phi) is 6.01. The maximum absolute atomic E-state index is 5.17. The molecule has 0 bridgehead atoms. The standard InChI is InChI=1S/C11H22N2O2S/c1-14-7-5-11(3-4-11)9-13-10(16)12-6-8-15-2/h3-9H2,1-2H3,(H2,12,13,16). The molecule has 0 radical (unpaired) electrons. The van der Waals surface area contributed by atoms with Gasteiger partial charge in [0.1, 0.15) is 0 Å². The summed E-state index contributed by atoms with van der Waals surface area (Å²) in [5.74, 6) is 0. The van der Waals surface area contributed by atoms with Gasteiger partial charge in [-0.3, -0.25) is 0 Å². The van der Waals surface area contributed by atoms with E-state index in [1.165, 1.54) is 12.8 Å². The molecule has 0 aromatic carbocycles. The summed E-state index contributed by atoms with van der Waals surface area (Å²) in [6.45, 7) is 3.23. The van der Waals surface area contributed by atoms with Crippen LogP contribution in [0.15, 0.2) is 0 Å². The highest BCUT2D eigenvalue weighted by Crippen LogP contribution is 2.48. The molecule has 0 aliphatic heterocycles. The zero-order chi connectivity index (χ0) is 11.9. The quantitative estimate of drug-likeness (QED) is 0.492. The maximum Gasteiger partial charge on any atom is 0.166 e. The highest BCUT2D eigenvalue weighted by molar-refractivity contribution is 7.80. The van der Waals surface area contributed by atoms with Crippen LogP contribution in [0.1, 0.15) is 19.3 Å². The lowest BCUT2D eigenvalue weighted by Gasteiger charge is -2.17. The predicted molar refractivity (Wildman–Crippen MR) is 68.6 cm³/mol. The van der Waals surface area contributed by atoms with E-state index >= 15 is 0 Å². The Morgan fingerprint density at radius 2 is 1.88 bits per heavy atom. The van der Waals surface area contributed by atoms with Crippen LogP contribution >= 0.6 is 12.2 Å². The van der Waals surface area contributed by atoms with Crippen molar-refractivity contribution < 1.29 is 9.47 Å². The number of hydrogen-bond acceptors (Lipinski definition) is 3. The van der Waals surface area contributed by atoms with E-state index in [2.05, 4.69) is 10.6 Å². The van der Waals surface area contributed by atoms with Gasteiger partial charge in [-0.1, -0.05) is 0 Å². The molecule has 94 valence electrons. The van der Waals surface area contributed by atoms with Crippen molar-refractivity contribution in [1.29, 1.82) is 0 Å². The van der Waals surface area contributed by atoms with Crippen LogP contribution in [0, 0.1) is 5.41 Å². The number of hydrogen-bond donors (Lipinski definition) is 2. The molecule has 5 heteroatoms. The second kappa shape index (κ2) is 7.04. The fourth-order valence-corrected chi connectivity index (χ4v) is 1.78. The van der Waals surface area contributed by atoms with Crippen molar-refractivity contribution in [2.75, 3.05) is 40.5 Å². The molecule has 1 rings (SSSR count). The molecule has 1 saturated carbocycles. The zero-order valence-corrected chi connectivity index (χ0v) is 11.0. The average Bonchev–Trinajstić information content (AvgIpc) is 3.05. The van der Waals surface area contributed by atoms with Gasteiger partial charge >= 0.3 is 0 Å². The molecule has 0 atom stereocenters. The summed E-state index contributed by atoms with van der Waals surface area (Å²) in [5, 5.41) is 7.09. The predicted octanol–water partition coefficient (Wildman–Crippen LogP) is 0.914. The van der Waals surface area contributed by atoms with Crippen LogP contribution in [0.2, 0.25) is 0 Å². The van der Waals surface area contributed by atoms with Crippen LogP contribution in [-0.4, -0.2) is 45.6 Å². The molecule has 16 heavy (non-hydrogen) atoms. The van der Waals surface area contributed by atoms with Gasteiger partial charge in [-0.25, -0.2) is 0 Å². The topological polar surface area (TPSA) is 42.5 Å². The van der Waals surface area contributed by atoms with Crippen LogP contribution in [0.4, 0.5) is 0 Å². The molecule has 0 unspecified atom stereocenters. The number of rotatable bonds is 8. The van der Waals surface area contributed by atoms with E-state index in [-0.39, 0.29) is 0 Å². The molecule has 0 aromatic rings. The molecule has 0 amide bonds. The minimum absolute atomic E-state index is 0.434. The van der Waals surface area contributed by atoms with E-state index in [1.54, 1.807) is 14.2 Å². The summed E-state index contributed by atoms with van der Waals surface area (Å²) in [7, 11) is 3.43. The third-order valence-corrected chi connectivity index (χ3v) is 3.30. The van der Waals surface area contributed by atoms with Gasteiger partial charge in [0, 0.05) is 33.9 Å². The molecular weight excluding hydrogens is 224 g/mol. The Morgan fingerprint density at radius 3 is 2.44 bits per heavy atom. The highest BCUT2D eigenvalue weighted by atomic mass is 32.1. The average molecular weight is 246 g/mol. The second-order valence-electron chi connectivity index (χ2n) is 4.35. The molecule has 0 heterocycles. The Hall–Kier alpha value is -0.390. The lowest BCUT2D eigenvalue weighted by molar-refractivity contribution is 0.172. The lowest BCUT2D eigenvalue weighted by Crippen LogP contribution is -2.40. The normalized spacial score (nSPS) is 16.9. The summed E-state index contributed by atoms with van der Waals surface area (Å²) < 4.78 is 10.0. The summed E-state index contributed by atoms with van der Waals surface area (Å²) in [6, 6.07) is 0. The van der Waals surface area contributed by atoms with Crippen LogP contribution in [0.5, 0.6) is 0 Å². The first-order chi connectivity index (χ1) is 7.72. The van der Waals surface area contributed by atoms with Gasteiger partial charge in [-0.05, 0) is 36.9 Å². The fourth-order valence-electron chi connectivity index (χ4n) is 1.61. The summed E-state index contributed by atoms with van der Waals surface area (Å²) in [6.07, 6.45) is 3.69. The molecule has 1 aliphatic rings. The van der Waals surface area contributed by atoms with Gasteiger partial charge in [0.2, 0.25) is 0 Å². The van der Waals surface area contributed by atoms with Gasteiger partial charge in [-0.15, -0.1) is 0 Å². The molecule has 1 fully saturated rings. The fraction of sp³-hybridized carbons (Fsp3) is 0.909. The molecule has 0 spiro atoms. The van der Waals surface area contributed by atoms with Crippen LogP contribution < -0.4 is 10.6 Å². The summed E-state index contributed by atoms with van der Waals surface area (Å²) in [5.41, 5.74) is 0.434. The second-order valence-corrected chi connectivity index (χ2v) is 4.75. The number of nitrogens with one attached hydrogen (secondary N) is 2. The Labute approximate surface area is 103 Å². The van der Waals surface area contributed by atoms with Crippen LogP contribution in [-0.2, 0) is 9.47 Å². The van der Waals surface area contributed by atoms with Gasteiger partial charge in [0.15, 0.2) is 5.11 Å². The van der Waals surface area contributed by atoms with Crippen molar-refractivity contribution in [2.45, 2.75) is 19.3 Å². The first kappa shape index (κ1) is 13.7. The molecular formula is C11H22N2O2S. The minimum atomic E-state index is 0.434. The van der Waals surface area contributed by atoms with Crippen LogP contribution in [0.3, 0.4) is 0 Å². The van der Waals surface area contributed by atoms with E-state index in [0.717, 1.165) is 31.2 Å². The van der Waals surface area contributed by atoms with Crippen LogP contribution in [0.25, 0.3) is 0 Å². The number of methoxy groups -OCH3 is 2. The SMILES string of the molecule is COCCNC(=S)NCC1(CCOC)CC1. The minimum Gasteiger partial charge on any atom is -0.385 e. The van der Waals surface area contributed by atoms with Gasteiger partial charge in [-0.2, -0.15) is 0 Å². The summed E-state index contributed by atoms with van der Waals surface area (Å²) in [4.78, 5) is 0. The smallest absolute Gasteiger partial charge is 0.166 e. The van der Waals surface area contributed by atoms with E-state index in [9.17, 15) is 0 Å². The summed E-state index contributed by atoms with van der Waals surface area (Å²) >= 11 is 5.17. The van der Waals surface area contributed by atoms with Crippen molar-refractivity contribution in [1.82, 2.24) is 10.6 Å². The molecule has 4 nitrogen and oxygen atoms in total. The van der Waals surface area contributed by atoms with Gasteiger partial charge < -0.3 is 20.1 Å². The molecule has 1 aliphatic carbocycles. The number of ether oxygens (including phenoxy) is 2. The maximum atomic E-state index is 5.17. The third-order valence-electron chi connectivity index (χ3n) is 3.01.